The SMILES string of the molecule is CNCc1cccc(COCCc2scnc2C)c1. The van der Waals surface area contributed by atoms with Gasteiger partial charge in [0.15, 0.2) is 0 Å². The third-order valence-electron chi connectivity index (χ3n) is 2.96. The average molecular weight is 276 g/mol. The van der Waals surface area contributed by atoms with Crippen LogP contribution in [0, 0.1) is 6.92 Å². The topological polar surface area (TPSA) is 34.1 Å². The molecule has 3 nitrogen and oxygen atoms in total. The van der Waals surface area contributed by atoms with Crippen molar-refractivity contribution in [3.05, 3.63) is 51.5 Å². The highest BCUT2D eigenvalue weighted by Gasteiger charge is 2.01. The Morgan fingerprint density at radius 2 is 2.16 bits per heavy atom. The minimum atomic E-state index is 0.676. The lowest BCUT2D eigenvalue weighted by molar-refractivity contribution is 0.124. The first-order chi connectivity index (χ1) is 9.29. The van der Waals surface area contributed by atoms with Crippen LogP contribution in [0.1, 0.15) is 21.7 Å². The molecule has 4 heteroatoms. The molecule has 1 aromatic heterocycles. The summed E-state index contributed by atoms with van der Waals surface area (Å²) in [6.45, 7) is 4.37. The van der Waals surface area contributed by atoms with Gasteiger partial charge in [0.25, 0.3) is 0 Å². The highest BCUT2D eigenvalue weighted by molar-refractivity contribution is 7.09. The first-order valence-electron chi connectivity index (χ1n) is 6.48. The number of rotatable bonds is 7. The molecule has 102 valence electrons. The van der Waals surface area contributed by atoms with E-state index in [1.54, 1.807) is 11.3 Å². The fraction of sp³-hybridized carbons (Fsp3) is 0.400. The summed E-state index contributed by atoms with van der Waals surface area (Å²) >= 11 is 1.71. The highest BCUT2D eigenvalue weighted by atomic mass is 32.1. The Morgan fingerprint density at radius 1 is 1.32 bits per heavy atom. The van der Waals surface area contributed by atoms with Crippen LogP contribution < -0.4 is 5.32 Å². The molecule has 0 fully saturated rings. The van der Waals surface area contributed by atoms with Crippen LogP contribution >= 0.6 is 11.3 Å². The second-order valence-corrected chi connectivity index (χ2v) is 5.45. The summed E-state index contributed by atoms with van der Waals surface area (Å²) in [5, 5.41) is 3.16. The third-order valence-corrected chi connectivity index (χ3v) is 3.95. The van der Waals surface area contributed by atoms with Crippen LogP contribution in [0.25, 0.3) is 0 Å². The van der Waals surface area contributed by atoms with Crippen LogP contribution in [-0.4, -0.2) is 18.6 Å². The molecule has 0 unspecified atom stereocenters. The molecule has 0 bridgehead atoms. The van der Waals surface area contributed by atoms with Gasteiger partial charge in [-0.2, -0.15) is 0 Å². The van der Waals surface area contributed by atoms with Crippen molar-refractivity contribution in [2.45, 2.75) is 26.5 Å². The van der Waals surface area contributed by atoms with Crippen LogP contribution in [0.4, 0.5) is 0 Å². The molecule has 0 aliphatic carbocycles. The van der Waals surface area contributed by atoms with Crippen molar-refractivity contribution in [3.8, 4) is 0 Å². The number of nitrogens with zero attached hydrogens (tertiary/aromatic N) is 1. The molecular weight excluding hydrogens is 256 g/mol. The van der Waals surface area contributed by atoms with Gasteiger partial charge >= 0.3 is 0 Å². The highest BCUT2D eigenvalue weighted by Crippen LogP contribution is 2.13. The number of thiazole rings is 1. The van der Waals surface area contributed by atoms with Gasteiger partial charge in [0.1, 0.15) is 0 Å². The molecule has 0 amide bonds. The molecule has 0 saturated heterocycles. The van der Waals surface area contributed by atoms with E-state index in [-0.39, 0.29) is 0 Å². The molecule has 0 aliphatic rings. The minimum absolute atomic E-state index is 0.676. The maximum atomic E-state index is 5.74. The molecule has 0 spiro atoms. The second kappa shape index (κ2) is 7.38. The summed E-state index contributed by atoms with van der Waals surface area (Å²) in [5.74, 6) is 0. The lowest BCUT2D eigenvalue weighted by Crippen LogP contribution is -2.05. The molecule has 19 heavy (non-hydrogen) atoms. The van der Waals surface area contributed by atoms with Gasteiger partial charge in [-0.25, -0.2) is 4.98 Å². The zero-order valence-electron chi connectivity index (χ0n) is 11.5. The summed E-state index contributed by atoms with van der Waals surface area (Å²) in [7, 11) is 1.96. The predicted octanol–water partition coefficient (Wildman–Crippen LogP) is 2.93. The van der Waals surface area contributed by atoms with Gasteiger partial charge < -0.3 is 10.1 Å². The molecule has 1 aromatic carbocycles. The molecule has 1 heterocycles. The van der Waals surface area contributed by atoms with Gasteiger partial charge in [0.05, 0.1) is 24.4 Å². The van der Waals surface area contributed by atoms with Crippen LogP contribution in [0.15, 0.2) is 29.8 Å². The first kappa shape index (κ1) is 14.2. The number of aromatic nitrogens is 1. The monoisotopic (exact) mass is 276 g/mol. The number of aryl methyl sites for hydroxylation is 1. The van der Waals surface area contributed by atoms with E-state index in [0.717, 1.165) is 25.3 Å². The van der Waals surface area contributed by atoms with Gasteiger partial charge in [0.2, 0.25) is 0 Å². The fourth-order valence-corrected chi connectivity index (χ4v) is 2.72. The van der Waals surface area contributed by atoms with E-state index in [9.17, 15) is 0 Å². The zero-order valence-corrected chi connectivity index (χ0v) is 12.3. The quantitative estimate of drug-likeness (QED) is 0.790. The van der Waals surface area contributed by atoms with Crippen LogP contribution in [0.5, 0.6) is 0 Å². The van der Waals surface area contributed by atoms with Gasteiger partial charge in [0, 0.05) is 17.8 Å². The van der Waals surface area contributed by atoms with E-state index < -0.39 is 0 Å². The van der Waals surface area contributed by atoms with E-state index in [0.29, 0.717) is 6.61 Å². The second-order valence-electron chi connectivity index (χ2n) is 4.51. The number of benzene rings is 1. The van der Waals surface area contributed by atoms with Gasteiger partial charge in [-0.3, -0.25) is 0 Å². The fourth-order valence-electron chi connectivity index (χ4n) is 1.95. The standard InChI is InChI=1S/C15H20N2OS/c1-12-15(19-11-17-12)6-7-18-10-14-5-3-4-13(8-14)9-16-2/h3-5,8,11,16H,6-7,9-10H2,1-2H3. The van der Waals surface area contributed by atoms with Crippen molar-refractivity contribution in [3.63, 3.8) is 0 Å². The Balaban J connectivity index is 1.76. The van der Waals surface area contributed by atoms with E-state index in [1.807, 2.05) is 19.5 Å². The molecule has 0 radical (unpaired) electrons. The van der Waals surface area contributed by atoms with E-state index in [1.165, 1.54) is 16.0 Å². The van der Waals surface area contributed by atoms with Crippen molar-refractivity contribution < 1.29 is 4.74 Å². The molecule has 0 saturated carbocycles. The molecule has 1 N–H and O–H groups in total. The van der Waals surface area contributed by atoms with E-state index >= 15 is 0 Å². The zero-order chi connectivity index (χ0) is 13.5. The summed E-state index contributed by atoms with van der Waals surface area (Å²) in [6, 6.07) is 8.50. The minimum Gasteiger partial charge on any atom is -0.376 e. The van der Waals surface area contributed by atoms with Crippen LogP contribution in [0.2, 0.25) is 0 Å². The number of hydrogen-bond acceptors (Lipinski definition) is 4. The molecule has 0 atom stereocenters. The van der Waals surface area contributed by atoms with Crippen molar-refractivity contribution in [2.24, 2.45) is 0 Å². The first-order valence-corrected chi connectivity index (χ1v) is 7.36. The maximum absolute atomic E-state index is 5.74. The average Bonchev–Trinajstić information content (AvgIpc) is 2.81. The summed E-state index contributed by atoms with van der Waals surface area (Å²) < 4.78 is 5.74. The molecule has 0 aliphatic heterocycles. The summed E-state index contributed by atoms with van der Waals surface area (Å²) in [5.41, 5.74) is 5.55. The predicted molar refractivity (Wildman–Crippen MR) is 79.4 cm³/mol. The number of nitrogens with one attached hydrogen (secondary N) is 1. The lowest BCUT2D eigenvalue weighted by Gasteiger charge is -2.06. The Labute approximate surface area is 118 Å². The van der Waals surface area contributed by atoms with Gasteiger partial charge in [-0.15, -0.1) is 11.3 Å². The number of hydrogen-bond donors (Lipinski definition) is 1. The van der Waals surface area contributed by atoms with Crippen molar-refractivity contribution >= 4 is 11.3 Å². The molecular formula is C15H20N2OS. The molecule has 2 rings (SSSR count). The van der Waals surface area contributed by atoms with Gasteiger partial charge in [-0.05, 0) is 25.1 Å². The van der Waals surface area contributed by atoms with Crippen LogP contribution in [-0.2, 0) is 24.3 Å². The number of ether oxygens (including phenoxy) is 1. The van der Waals surface area contributed by atoms with Crippen molar-refractivity contribution in [1.29, 1.82) is 0 Å². The Bertz CT molecular complexity index is 510. The van der Waals surface area contributed by atoms with Crippen LogP contribution in [0.3, 0.4) is 0 Å². The van der Waals surface area contributed by atoms with E-state index in [4.69, 9.17) is 4.74 Å². The Hall–Kier alpha value is -1.23. The maximum Gasteiger partial charge on any atom is 0.0797 e. The smallest absolute Gasteiger partial charge is 0.0797 e. The van der Waals surface area contributed by atoms with Crippen molar-refractivity contribution in [2.75, 3.05) is 13.7 Å². The summed E-state index contributed by atoms with van der Waals surface area (Å²) in [6.07, 6.45) is 0.951. The summed E-state index contributed by atoms with van der Waals surface area (Å²) in [4.78, 5) is 5.56. The Kier molecular flexibility index (Phi) is 5.51. The normalized spacial score (nSPS) is 10.8. The lowest BCUT2D eigenvalue weighted by atomic mass is 10.1. The third kappa shape index (κ3) is 4.42. The Morgan fingerprint density at radius 3 is 2.89 bits per heavy atom. The van der Waals surface area contributed by atoms with Gasteiger partial charge in [-0.1, -0.05) is 24.3 Å². The van der Waals surface area contributed by atoms with E-state index in [2.05, 4.69) is 34.6 Å². The largest absolute Gasteiger partial charge is 0.376 e. The van der Waals surface area contributed by atoms with Crippen molar-refractivity contribution in [1.82, 2.24) is 10.3 Å². The molecule has 2 aromatic rings.